The van der Waals surface area contributed by atoms with E-state index >= 15 is 0 Å². The van der Waals surface area contributed by atoms with Gasteiger partial charge in [0.15, 0.2) is 0 Å². The summed E-state index contributed by atoms with van der Waals surface area (Å²) in [7, 11) is 0. The normalized spacial score (nSPS) is 24.4. The summed E-state index contributed by atoms with van der Waals surface area (Å²) in [6.07, 6.45) is 5.30. The highest BCUT2D eigenvalue weighted by molar-refractivity contribution is 5.81. The summed E-state index contributed by atoms with van der Waals surface area (Å²) in [6, 6.07) is 4.16. The van der Waals surface area contributed by atoms with Gasteiger partial charge in [-0.25, -0.2) is 4.79 Å². The van der Waals surface area contributed by atoms with Crippen molar-refractivity contribution in [1.82, 2.24) is 14.8 Å². The lowest BCUT2D eigenvalue weighted by Gasteiger charge is -2.36. The van der Waals surface area contributed by atoms with Crippen molar-refractivity contribution < 1.29 is 14.3 Å². The van der Waals surface area contributed by atoms with Crippen LogP contribution in [0.15, 0.2) is 18.3 Å². The second-order valence-corrected chi connectivity index (χ2v) is 8.08. The molecule has 6 nitrogen and oxygen atoms in total. The van der Waals surface area contributed by atoms with E-state index in [0.29, 0.717) is 13.1 Å². The van der Waals surface area contributed by atoms with Crippen LogP contribution in [0.5, 0.6) is 0 Å². The average molecular weight is 347 g/mol. The Bertz CT molecular complexity index is 606. The number of H-pyrrole nitrogens is 1. The lowest BCUT2D eigenvalue weighted by atomic mass is 9.96. The summed E-state index contributed by atoms with van der Waals surface area (Å²) in [6.45, 7) is 7.51. The van der Waals surface area contributed by atoms with Crippen molar-refractivity contribution in [3.8, 4) is 0 Å². The van der Waals surface area contributed by atoms with E-state index in [0.717, 1.165) is 37.9 Å². The van der Waals surface area contributed by atoms with Gasteiger partial charge >= 0.3 is 6.09 Å². The van der Waals surface area contributed by atoms with Crippen LogP contribution >= 0.6 is 0 Å². The molecule has 1 aromatic rings. The van der Waals surface area contributed by atoms with Crippen molar-refractivity contribution in [2.75, 3.05) is 19.6 Å². The monoisotopic (exact) mass is 347 g/mol. The van der Waals surface area contributed by atoms with Crippen molar-refractivity contribution in [2.45, 2.75) is 58.1 Å². The second kappa shape index (κ2) is 7.10. The van der Waals surface area contributed by atoms with Crippen LogP contribution in [0.1, 0.15) is 58.2 Å². The zero-order chi connectivity index (χ0) is 18.0. The third-order valence-corrected chi connectivity index (χ3v) is 4.94. The van der Waals surface area contributed by atoms with Gasteiger partial charge in [0.25, 0.3) is 0 Å². The summed E-state index contributed by atoms with van der Waals surface area (Å²) >= 11 is 0. The minimum Gasteiger partial charge on any atom is -0.444 e. The minimum absolute atomic E-state index is 0.128. The van der Waals surface area contributed by atoms with Gasteiger partial charge < -0.3 is 19.5 Å². The Morgan fingerprint density at radius 2 is 1.96 bits per heavy atom. The number of ether oxygens (including phenoxy) is 1. The Kier molecular flexibility index (Phi) is 5.06. The number of hydrogen-bond acceptors (Lipinski definition) is 3. The fourth-order valence-corrected chi connectivity index (χ4v) is 3.81. The molecule has 0 bridgehead atoms. The van der Waals surface area contributed by atoms with Crippen molar-refractivity contribution in [3.63, 3.8) is 0 Å². The molecule has 2 aliphatic heterocycles. The highest BCUT2D eigenvalue weighted by atomic mass is 16.6. The number of hydrogen-bond donors (Lipinski definition) is 1. The maximum Gasteiger partial charge on any atom is 0.410 e. The lowest BCUT2D eigenvalue weighted by molar-refractivity contribution is -0.138. The minimum atomic E-state index is -0.512. The van der Waals surface area contributed by atoms with Gasteiger partial charge in [-0.2, -0.15) is 0 Å². The number of rotatable bonds is 2. The van der Waals surface area contributed by atoms with Gasteiger partial charge in [-0.15, -0.1) is 0 Å². The summed E-state index contributed by atoms with van der Waals surface area (Å²) < 4.78 is 5.47. The fourth-order valence-electron chi connectivity index (χ4n) is 3.81. The van der Waals surface area contributed by atoms with Gasteiger partial charge in [0, 0.05) is 31.5 Å². The molecule has 2 amide bonds. The zero-order valence-corrected chi connectivity index (χ0v) is 15.5. The zero-order valence-electron chi connectivity index (χ0n) is 15.5. The van der Waals surface area contributed by atoms with Gasteiger partial charge in [0.2, 0.25) is 5.91 Å². The van der Waals surface area contributed by atoms with E-state index in [2.05, 4.69) is 4.98 Å². The summed E-state index contributed by atoms with van der Waals surface area (Å²) in [5.41, 5.74) is 0.590. The van der Waals surface area contributed by atoms with Crippen LogP contribution in [0.2, 0.25) is 0 Å². The quantitative estimate of drug-likeness (QED) is 0.892. The smallest absolute Gasteiger partial charge is 0.410 e. The molecule has 0 radical (unpaired) electrons. The standard InChI is InChI=1S/C19H29N3O3/c1-19(2,3)25-18(24)21-11-5-7-14(13-21)17(23)22-12-6-9-16(22)15-8-4-10-20-15/h4,8,10,14,16,20H,5-7,9,11-13H2,1-3H3/t14-,16+/m1/s1. The van der Waals surface area contributed by atoms with Crippen molar-refractivity contribution in [1.29, 1.82) is 0 Å². The van der Waals surface area contributed by atoms with Crippen LogP contribution in [-0.4, -0.2) is 52.0 Å². The molecule has 1 aromatic heterocycles. The van der Waals surface area contributed by atoms with Crippen LogP contribution in [0.3, 0.4) is 0 Å². The maximum atomic E-state index is 13.1. The Hall–Kier alpha value is -1.98. The van der Waals surface area contributed by atoms with Crippen molar-refractivity contribution >= 4 is 12.0 Å². The van der Waals surface area contributed by atoms with Crippen LogP contribution in [0.25, 0.3) is 0 Å². The van der Waals surface area contributed by atoms with Crippen LogP contribution < -0.4 is 0 Å². The first kappa shape index (κ1) is 17.8. The average Bonchev–Trinajstić information content (AvgIpc) is 3.23. The van der Waals surface area contributed by atoms with Crippen LogP contribution in [0.4, 0.5) is 4.79 Å². The third kappa shape index (κ3) is 4.17. The summed E-state index contributed by atoms with van der Waals surface area (Å²) in [4.78, 5) is 32.3. The topological polar surface area (TPSA) is 65.6 Å². The molecular formula is C19H29N3O3. The Morgan fingerprint density at radius 3 is 2.64 bits per heavy atom. The number of carbonyl (C=O) groups excluding carboxylic acids is 2. The van der Waals surface area contributed by atoms with Gasteiger partial charge in [-0.1, -0.05) is 0 Å². The number of piperidine rings is 1. The molecule has 2 atom stereocenters. The van der Waals surface area contributed by atoms with Gasteiger partial charge in [0.1, 0.15) is 5.60 Å². The van der Waals surface area contributed by atoms with E-state index in [1.54, 1.807) is 4.90 Å². The molecule has 3 rings (SSSR count). The largest absolute Gasteiger partial charge is 0.444 e. The van der Waals surface area contributed by atoms with Crippen LogP contribution in [-0.2, 0) is 9.53 Å². The first-order valence-corrected chi connectivity index (χ1v) is 9.27. The Balaban J connectivity index is 1.64. The number of aromatic nitrogens is 1. The first-order chi connectivity index (χ1) is 11.8. The lowest BCUT2D eigenvalue weighted by Crippen LogP contribution is -2.47. The summed E-state index contributed by atoms with van der Waals surface area (Å²) in [5.74, 6) is 0.0437. The van der Waals surface area contributed by atoms with Gasteiger partial charge in [0.05, 0.1) is 12.0 Å². The first-order valence-electron chi connectivity index (χ1n) is 9.27. The molecule has 0 spiro atoms. The number of nitrogens with zero attached hydrogens (tertiary/aromatic N) is 2. The molecule has 2 aliphatic rings. The molecule has 0 aliphatic carbocycles. The fraction of sp³-hybridized carbons (Fsp3) is 0.684. The molecule has 138 valence electrons. The summed E-state index contributed by atoms with van der Waals surface area (Å²) in [5, 5.41) is 0. The second-order valence-electron chi connectivity index (χ2n) is 8.08. The number of likely N-dealkylation sites (tertiary alicyclic amines) is 2. The SMILES string of the molecule is CC(C)(C)OC(=O)N1CCC[C@@H](C(=O)N2CCC[C@H]2c2ccc[nH]2)C1. The van der Waals surface area contributed by atoms with Gasteiger partial charge in [-0.3, -0.25) is 4.79 Å². The van der Waals surface area contributed by atoms with E-state index in [1.807, 2.05) is 44.0 Å². The highest BCUT2D eigenvalue weighted by Gasteiger charge is 2.37. The molecule has 0 saturated carbocycles. The highest BCUT2D eigenvalue weighted by Crippen LogP contribution is 2.33. The van der Waals surface area contributed by atoms with Crippen LogP contribution in [0, 0.1) is 5.92 Å². The molecule has 1 N–H and O–H groups in total. The predicted molar refractivity (Wildman–Crippen MR) is 95.0 cm³/mol. The molecule has 2 saturated heterocycles. The number of aromatic amines is 1. The van der Waals surface area contributed by atoms with E-state index in [9.17, 15) is 9.59 Å². The molecule has 3 heterocycles. The van der Waals surface area contributed by atoms with E-state index in [4.69, 9.17) is 4.74 Å². The molecular weight excluding hydrogens is 318 g/mol. The number of nitrogens with one attached hydrogen (secondary N) is 1. The number of amides is 2. The predicted octanol–water partition coefficient (Wildman–Crippen LogP) is 3.33. The van der Waals surface area contributed by atoms with E-state index < -0.39 is 5.60 Å². The molecule has 0 unspecified atom stereocenters. The Morgan fingerprint density at radius 1 is 1.20 bits per heavy atom. The maximum absolute atomic E-state index is 13.1. The molecule has 25 heavy (non-hydrogen) atoms. The van der Waals surface area contributed by atoms with Crippen molar-refractivity contribution in [3.05, 3.63) is 24.0 Å². The molecule has 2 fully saturated rings. The third-order valence-electron chi connectivity index (χ3n) is 4.94. The van der Waals surface area contributed by atoms with E-state index in [1.165, 1.54) is 0 Å². The molecule has 0 aromatic carbocycles. The number of carbonyl (C=O) groups is 2. The van der Waals surface area contributed by atoms with Gasteiger partial charge in [-0.05, 0) is 58.6 Å². The van der Waals surface area contributed by atoms with Crippen molar-refractivity contribution in [2.24, 2.45) is 5.92 Å². The van der Waals surface area contributed by atoms with E-state index in [-0.39, 0.29) is 24.0 Å². The Labute approximate surface area is 149 Å². The molecule has 6 heteroatoms.